The average molecular weight is 462 g/mol. The van der Waals surface area contributed by atoms with Crippen LogP contribution in [-0.4, -0.2) is 44.6 Å². The van der Waals surface area contributed by atoms with Gasteiger partial charge in [-0.15, -0.1) is 5.06 Å². The number of fused-ring (bicyclic) bond motifs is 1. The van der Waals surface area contributed by atoms with Gasteiger partial charge in [-0.25, -0.2) is 4.79 Å². The molecule has 2 unspecified atom stereocenters. The molecule has 1 aliphatic carbocycles. The second-order valence-electron chi connectivity index (χ2n) is 9.03. The summed E-state index contributed by atoms with van der Waals surface area (Å²) in [5.74, 6) is -2.63. The normalized spacial score (nSPS) is 21.8. The number of aromatic hydroxyl groups is 1. The highest BCUT2D eigenvalue weighted by Crippen LogP contribution is 2.36. The smallest absolute Gasteiger partial charge is 0.352 e. The summed E-state index contributed by atoms with van der Waals surface area (Å²) in [6.07, 6.45) is 4.21. The van der Waals surface area contributed by atoms with Crippen LogP contribution in [0.4, 0.5) is 5.69 Å². The SMILES string of the molecule is O=C(Cn1c(O)c2ccc3c4c(ccc(c1=O)c24)NC1CCCCC1N=3)ON1C(=O)CCC1=O. The van der Waals surface area contributed by atoms with Crippen molar-refractivity contribution in [3.63, 3.8) is 0 Å². The summed E-state index contributed by atoms with van der Waals surface area (Å²) in [4.78, 5) is 59.1. The van der Waals surface area contributed by atoms with E-state index in [9.17, 15) is 24.3 Å². The quantitative estimate of drug-likeness (QED) is 0.565. The molecule has 10 heteroatoms. The van der Waals surface area contributed by atoms with Crippen LogP contribution >= 0.6 is 0 Å². The first kappa shape index (κ1) is 20.6. The average Bonchev–Trinajstić information content (AvgIpc) is 3.04. The Bertz CT molecular complexity index is 1490. The van der Waals surface area contributed by atoms with E-state index >= 15 is 0 Å². The van der Waals surface area contributed by atoms with Gasteiger partial charge in [0, 0.05) is 46.1 Å². The number of benzene rings is 2. The number of carbonyl (C=O) groups excluding carboxylic acids is 3. The molecule has 0 spiro atoms. The molecule has 3 aromatic rings. The second-order valence-corrected chi connectivity index (χ2v) is 9.03. The maximum absolute atomic E-state index is 13.3. The number of imide groups is 1. The molecule has 3 heterocycles. The first-order chi connectivity index (χ1) is 16.4. The Kier molecular flexibility index (Phi) is 4.58. The lowest BCUT2D eigenvalue weighted by atomic mass is 9.91. The molecule has 10 nitrogen and oxygen atoms in total. The summed E-state index contributed by atoms with van der Waals surface area (Å²) in [6.45, 7) is -0.654. The van der Waals surface area contributed by atoms with Crippen molar-refractivity contribution < 1.29 is 24.3 Å². The van der Waals surface area contributed by atoms with Gasteiger partial charge in [0.1, 0.15) is 6.54 Å². The summed E-state index contributed by atoms with van der Waals surface area (Å²) in [6, 6.07) is 7.42. The van der Waals surface area contributed by atoms with Crippen molar-refractivity contribution in [3.05, 3.63) is 40.0 Å². The zero-order valence-corrected chi connectivity index (χ0v) is 18.2. The molecule has 2 amide bonds. The zero-order chi connectivity index (χ0) is 23.6. The minimum Gasteiger partial charge on any atom is -0.494 e. The van der Waals surface area contributed by atoms with Crippen molar-refractivity contribution in [2.24, 2.45) is 4.99 Å². The van der Waals surface area contributed by atoms with Crippen LogP contribution in [0, 0.1) is 0 Å². The summed E-state index contributed by atoms with van der Waals surface area (Å²) in [7, 11) is 0. The fraction of sp³-hybridized carbons (Fsp3) is 0.375. The Balaban J connectivity index is 1.46. The highest BCUT2D eigenvalue weighted by atomic mass is 16.7. The van der Waals surface area contributed by atoms with E-state index in [1.54, 1.807) is 12.1 Å². The minimum atomic E-state index is -1.00. The van der Waals surface area contributed by atoms with Crippen molar-refractivity contribution in [3.8, 4) is 5.88 Å². The number of hydrogen-bond acceptors (Lipinski definition) is 8. The number of aromatic nitrogens is 1. The number of nitrogens with one attached hydrogen (secondary N) is 1. The van der Waals surface area contributed by atoms with Gasteiger partial charge in [0.15, 0.2) is 0 Å². The molecular formula is C24H22N4O6. The van der Waals surface area contributed by atoms with Gasteiger partial charge >= 0.3 is 5.97 Å². The second kappa shape index (κ2) is 7.54. The molecule has 1 aromatic heterocycles. The highest BCUT2D eigenvalue weighted by molar-refractivity contribution is 6.15. The number of carbonyl (C=O) groups is 3. The first-order valence-corrected chi connectivity index (χ1v) is 11.4. The molecule has 1 saturated heterocycles. The molecule has 34 heavy (non-hydrogen) atoms. The topological polar surface area (TPSA) is 130 Å². The van der Waals surface area contributed by atoms with Gasteiger partial charge in [-0.2, -0.15) is 0 Å². The molecule has 1 saturated carbocycles. The number of amides is 2. The van der Waals surface area contributed by atoms with Gasteiger partial charge < -0.3 is 15.3 Å². The van der Waals surface area contributed by atoms with Crippen LogP contribution in [0.5, 0.6) is 5.88 Å². The van der Waals surface area contributed by atoms with Crippen molar-refractivity contribution in [1.82, 2.24) is 9.63 Å². The Hall–Kier alpha value is -3.95. The Morgan fingerprint density at radius 3 is 2.56 bits per heavy atom. The van der Waals surface area contributed by atoms with Crippen LogP contribution in [0.25, 0.3) is 21.5 Å². The van der Waals surface area contributed by atoms with Crippen LogP contribution < -0.4 is 16.2 Å². The molecule has 2 atom stereocenters. The maximum Gasteiger partial charge on any atom is 0.352 e. The number of pyridine rings is 1. The predicted molar refractivity (Wildman–Crippen MR) is 121 cm³/mol. The van der Waals surface area contributed by atoms with E-state index in [2.05, 4.69) is 5.32 Å². The molecule has 2 N–H and O–H groups in total. The zero-order valence-electron chi connectivity index (χ0n) is 18.2. The molecule has 2 aliphatic heterocycles. The van der Waals surface area contributed by atoms with E-state index in [1.165, 1.54) is 0 Å². The van der Waals surface area contributed by atoms with E-state index < -0.39 is 29.9 Å². The van der Waals surface area contributed by atoms with E-state index in [-0.39, 0.29) is 30.8 Å². The molecular weight excluding hydrogens is 440 g/mol. The van der Waals surface area contributed by atoms with Gasteiger partial charge in [0.05, 0.1) is 11.4 Å². The number of nitrogens with zero attached hydrogens (tertiary/aromatic N) is 3. The van der Waals surface area contributed by atoms with Gasteiger partial charge in [-0.05, 0) is 37.1 Å². The molecule has 2 fully saturated rings. The third-order valence-electron chi connectivity index (χ3n) is 6.97. The first-order valence-electron chi connectivity index (χ1n) is 11.4. The monoisotopic (exact) mass is 462 g/mol. The largest absolute Gasteiger partial charge is 0.494 e. The highest BCUT2D eigenvalue weighted by Gasteiger charge is 2.33. The summed E-state index contributed by atoms with van der Waals surface area (Å²) in [5.41, 5.74) is 0.291. The predicted octanol–water partition coefficient (Wildman–Crippen LogP) is 1.54. The maximum atomic E-state index is 13.3. The number of hydroxylamine groups is 2. The third-order valence-corrected chi connectivity index (χ3v) is 6.97. The van der Waals surface area contributed by atoms with Crippen molar-refractivity contribution in [2.45, 2.75) is 57.2 Å². The fourth-order valence-electron chi connectivity index (χ4n) is 5.33. The molecule has 3 aliphatic rings. The Morgan fingerprint density at radius 2 is 1.76 bits per heavy atom. The Labute approximate surface area is 192 Å². The van der Waals surface area contributed by atoms with Gasteiger partial charge in [-0.3, -0.25) is 23.9 Å². The lowest BCUT2D eigenvalue weighted by Crippen LogP contribution is -2.35. The van der Waals surface area contributed by atoms with E-state index in [0.29, 0.717) is 21.2 Å². The molecule has 174 valence electrons. The minimum absolute atomic E-state index is 0.0347. The van der Waals surface area contributed by atoms with Crippen molar-refractivity contribution in [1.29, 1.82) is 0 Å². The summed E-state index contributed by atoms with van der Waals surface area (Å²) in [5, 5.41) is 17.9. The summed E-state index contributed by atoms with van der Waals surface area (Å²) >= 11 is 0. The van der Waals surface area contributed by atoms with Crippen LogP contribution in [0.3, 0.4) is 0 Å². The summed E-state index contributed by atoms with van der Waals surface area (Å²) < 4.78 is 0.897. The van der Waals surface area contributed by atoms with Crippen LogP contribution in [0.15, 0.2) is 34.1 Å². The van der Waals surface area contributed by atoms with Gasteiger partial charge in [-0.1, -0.05) is 12.8 Å². The standard InChI is InChI=1S/C24H22N4O6/c29-18-9-10-19(30)28(18)34-20(31)11-27-23(32)12-5-7-16-22-17(8-6-13(21(12)22)24(27)33)26-15-4-2-1-3-14(15)25-16/h5-8,14-15,25,33H,1-4,9-11H2. The van der Waals surface area contributed by atoms with E-state index in [0.717, 1.165) is 46.7 Å². The molecule has 0 bridgehead atoms. The van der Waals surface area contributed by atoms with E-state index in [1.807, 2.05) is 12.1 Å². The van der Waals surface area contributed by atoms with Crippen LogP contribution in [-0.2, 0) is 25.8 Å². The lowest BCUT2D eigenvalue weighted by Gasteiger charge is -2.29. The van der Waals surface area contributed by atoms with Gasteiger partial charge in [0.2, 0.25) is 5.88 Å². The Morgan fingerprint density at radius 1 is 1.03 bits per heavy atom. The van der Waals surface area contributed by atoms with Gasteiger partial charge in [0.25, 0.3) is 17.4 Å². The number of hydrogen-bond donors (Lipinski definition) is 2. The molecule has 2 aromatic carbocycles. The van der Waals surface area contributed by atoms with Crippen molar-refractivity contribution in [2.75, 3.05) is 5.32 Å². The number of anilines is 1. The van der Waals surface area contributed by atoms with Crippen LogP contribution in [0.2, 0.25) is 0 Å². The number of rotatable bonds is 3. The lowest BCUT2D eigenvalue weighted by molar-refractivity contribution is -0.198. The van der Waals surface area contributed by atoms with E-state index in [4.69, 9.17) is 9.83 Å². The third kappa shape index (κ3) is 3.05. The molecule has 0 radical (unpaired) electrons. The molecule has 6 rings (SSSR count). The van der Waals surface area contributed by atoms with Crippen LogP contribution in [0.1, 0.15) is 38.5 Å². The van der Waals surface area contributed by atoms with Crippen molar-refractivity contribution >= 4 is 45.0 Å². The fourth-order valence-corrected chi connectivity index (χ4v) is 5.33.